The van der Waals surface area contributed by atoms with E-state index in [2.05, 4.69) is 20.0 Å². The van der Waals surface area contributed by atoms with E-state index in [0.29, 0.717) is 17.5 Å². The Labute approximate surface area is 152 Å². The minimum atomic E-state index is -3.77. The number of hydrogen-bond donors (Lipinski definition) is 2. The van der Waals surface area contributed by atoms with Crippen LogP contribution in [-0.2, 0) is 14.8 Å². The maximum Gasteiger partial charge on any atom is 0.264 e. The monoisotopic (exact) mass is 372 g/mol. The first-order chi connectivity index (χ1) is 12.5. The molecule has 0 spiro atoms. The van der Waals surface area contributed by atoms with Crippen molar-refractivity contribution >= 4 is 27.6 Å². The summed E-state index contributed by atoms with van der Waals surface area (Å²) in [5.41, 5.74) is 0.604. The van der Waals surface area contributed by atoms with Gasteiger partial charge in [-0.15, -0.1) is 0 Å². The third kappa shape index (κ3) is 3.41. The number of benzene rings is 1. The average molecular weight is 372 g/mol. The number of amides is 1. The molecule has 4 rings (SSSR count). The fourth-order valence-corrected chi connectivity index (χ4v) is 5.01. The van der Waals surface area contributed by atoms with Crippen LogP contribution in [0.5, 0.6) is 0 Å². The third-order valence-electron chi connectivity index (χ3n) is 5.30. The summed E-state index contributed by atoms with van der Waals surface area (Å²) in [5, 5.41) is 2.92. The molecule has 3 atom stereocenters. The highest BCUT2D eigenvalue weighted by Crippen LogP contribution is 2.48. The van der Waals surface area contributed by atoms with E-state index in [1.165, 1.54) is 37.4 Å². The van der Waals surface area contributed by atoms with E-state index in [1.54, 1.807) is 18.2 Å². The minimum absolute atomic E-state index is 0.0150. The van der Waals surface area contributed by atoms with Crippen LogP contribution in [0.3, 0.4) is 0 Å². The Kier molecular flexibility index (Phi) is 4.36. The van der Waals surface area contributed by atoms with Crippen LogP contribution in [0.1, 0.15) is 25.7 Å². The van der Waals surface area contributed by atoms with Gasteiger partial charge >= 0.3 is 0 Å². The number of fused-ring (bicyclic) bond motifs is 2. The van der Waals surface area contributed by atoms with Crippen molar-refractivity contribution in [3.8, 4) is 0 Å². The van der Waals surface area contributed by atoms with E-state index in [0.717, 1.165) is 12.8 Å². The van der Waals surface area contributed by atoms with Crippen molar-refractivity contribution in [3.63, 3.8) is 0 Å². The lowest BCUT2D eigenvalue weighted by Crippen LogP contribution is -2.27. The first kappa shape index (κ1) is 17.0. The van der Waals surface area contributed by atoms with Crippen molar-refractivity contribution < 1.29 is 13.2 Å². The molecule has 2 saturated carbocycles. The van der Waals surface area contributed by atoms with Crippen LogP contribution < -0.4 is 10.0 Å². The molecule has 8 heteroatoms. The fraction of sp³-hybridized carbons (Fsp3) is 0.389. The molecule has 1 heterocycles. The molecule has 2 aromatic rings. The molecule has 136 valence electrons. The summed E-state index contributed by atoms with van der Waals surface area (Å²) in [5.74, 6) is 1.36. The van der Waals surface area contributed by atoms with E-state index in [1.807, 2.05) is 0 Å². The van der Waals surface area contributed by atoms with Gasteiger partial charge in [-0.1, -0.05) is 6.42 Å². The smallest absolute Gasteiger partial charge is 0.264 e. The van der Waals surface area contributed by atoms with E-state index >= 15 is 0 Å². The Hall–Kier alpha value is -2.48. The molecular weight excluding hydrogens is 352 g/mol. The zero-order chi connectivity index (χ0) is 18.1. The molecule has 1 amide bonds. The lowest BCUT2D eigenvalue weighted by atomic mass is 9.88. The summed E-state index contributed by atoms with van der Waals surface area (Å²) in [4.78, 5) is 20.3. The van der Waals surface area contributed by atoms with Crippen molar-refractivity contribution in [2.45, 2.75) is 30.6 Å². The van der Waals surface area contributed by atoms with Crippen molar-refractivity contribution in [2.24, 2.45) is 17.8 Å². The predicted octanol–water partition coefficient (Wildman–Crippen LogP) is 2.65. The van der Waals surface area contributed by atoms with Gasteiger partial charge in [0.25, 0.3) is 10.0 Å². The quantitative estimate of drug-likeness (QED) is 0.840. The topological polar surface area (TPSA) is 101 Å². The van der Waals surface area contributed by atoms with Crippen LogP contribution in [0.2, 0.25) is 0 Å². The third-order valence-corrected chi connectivity index (χ3v) is 6.64. The Balaban J connectivity index is 1.42. The molecule has 0 saturated heterocycles. The Bertz CT molecular complexity index is 900. The maximum absolute atomic E-state index is 12.5. The molecule has 0 radical (unpaired) electrons. The van der Waals surface area contributed by atoms with Crippen molar-refractivity contribution in [3.05, 3.63) is 42.7 Å². The SMILES string of the molecule is O=C(Nc1ccc(S(=O)(=O)Nc2ncccn2)cc1)[C@@H]1C[C@@H]2CC[C@@H]1C2. The van der Waals surface area contributed by atoms with Crippen LogP contribution in [0.4, 0.5) is 11.6 Å². The summed E-state index contributed by atoms with van der Waals surface area (Å²) >= 11 is 0. The molecule has 2 aliphatic rings. The number of hydrogen-bond acceptors (Lipinski definition) is 5. The normalized spacial score (nSPS) is 24.4. The number of carbonyl (C=O) groups is 1. The highest BCUT2D eigenvalue weighted by molar-refractivity contribution is 7.92. The number of aromatic nitrogens is 2. The van der Waals surface area contributed by atoms with Crippen molar-refractivity contribution in [2.75, 3.05) is 10.0 Å². The van der Waals surface area contributed by atoms with Crippen LogP contribution in [0, 0.1) is 17.8 Å². The van der Waals surface area contributed by atoms with Gasteiger partial charge in [0.05, 0.1) is 4.90 Å². The molecule has 2 N–H and O–H groups in total. The van der Waals surface area contributed by atoms with Gasteiger partial charge in [-0.25, -0.2) is 23.1 Å². The molecule has 1 aromatic carbocycles. The highest BCUT2D eigenvalue weighted by Gasteiger charge is 2.43. The van der Waals surface area contributed by atoms with Gasteiger partial charge in [0.1, 0.15) is 0 Å². The van der Waals surface area contributed by atoms with Gasteiger partial charge in [-0.3, -0.25) is 4.79 Å². The van der Waals surface area contributed by atoms with Gasteiger partial charge < -0.3 is 5.32 Å². The van der Waals surface area contributed by atoms with Crippen molar-refractivity contribution in [1.82, 2.24) is 9.97 Å². The summed E-state index contributed by atoms with van der Waals surface area (Å²) in [6.45, 7) is 0. The number of rotatable bonds is 5. The van der Waals surface area contributed by atoms with E-state index in [4.69, 9.17) is 0 Å². The number of sulfonamides is 1. The lowest BCUT2D eigenvalue weighted by molar-refractivity contribution is -0.121. The van der Waals surface area contributed by atoms with Crippen LogP contribution in [0.15, 0.2) is 47.6 Å². The molecule has 2 aliphatic carbocycles. The zero-order valence-electron chi connectivity index (χ0n) is 14.1. The van der Waals surface area contributed by atoms with E-state index in [9.17, 15) is 13.2 Å². The molecular formula is C18H20N4O3S. The second-order valence-electron chi connectivity index (χ2n) is 6.97. The largest absolute Gasteiger partial charge is 0.326 e. The molecule has 2 fully saturated rings. The van der Waals surface area contributed by atoms with Gasteiger partial charge in [0.15, 0.2) is 0 Å². The first-order valence-electron chi connectivity index (χ1n) is 8.72. The standard InChI is InChI=1S/C18H20N4O3S/c23-17(16-11-12-2-3-13(16)10-12)21-14-4-6-15(7-5-14)26(24,25)22-18-19-8-1-9-20-18/h1,4-9,12-13,16H,2-3,10-11H2,(H,21,23)(H,19,20,22)/t12-,13-,16-/m1/s1. The van der Waals surface area contributed by atoms with Gasteiger partial charge in [0.2, 0.25) is 11.9 Å². The van der Waals surface area contributed by atoms with Gasteiger partial charge in [0, 0.05) is 24.0 Å². The van der Waals surface area contributed by atoms with Gasteiger partial charge in [-0.05, 0) is 61.4 Å². The van der Waals surface area contributed by atoms with Crippen LogP contribution in [-0.4, -0.2) is 24.3 Å². The summed E-state index contributed by atoms with van der Waals surface area (Å²) in [6, 6.07) is 7.73. The Morgan fingerprint density at radius 1 is 1.04 bits per heavy atom. The summed E-state index contributed by atoms with van der Waals surface area (Å²) in [6.07, 6.45) is 7.46. The predicted molar refractivity (Wildman–Crippen MR) is 96.9 cm³/mol. The maximum atomic E-state index is 12.5. The number of nitrogens with zero attached hydrogens (tertiary/aromatic N) is 2. The Morgan fingerprint density at radius 2 is 1.77 bits per heavy atom. The Morgan fingerprint density at radius 3 is 2.38 bits per heavy atom. The fourth-order valence-electron chi connectivity index (χ4n) is 4.05. The summed E-state index contributed by atoms with van der Waals surface area (Å²) in [7, 11) is -3.77. The molecule has 1 aromatic heterocycles. The second kappa shape index (κ2) is 6.68. The highest BCUT2D eigenvalue weighted by atomic mass is 32.2. The number of nitrogens with one attached hydrogen (secondary N) is 2. The minimum Gasteiger partial charge on any atom is -0.326 e. The zero-order valence-corrected chi connectivity index (χ0v) is 14.9. The molecule has 0 unspecified atom stereocenters. The molecule has 26 heavy (non-hydrogen) atoms. The number of carbonyl (C=O) groups excluding carboxylic acids is 1. The molecule has 7 nitrogen and oxygen atoms in total. The first-order valence-corrected chi connectivity index (χ1v) is 10.2. The summed E-state index contributed by atoms with van der Waals surface area (Å²) < 4.78 is 27.0. The number of anilines is 2. The lowest BCUT2D eigenvalue weighted by Gasteiger charge is -2.20. The van der Waals surface area contributed by atoms with Crippen LogP contribution in [0.25, 0.3) is 0 Å². The molecule has 0 aliphatic heterocycles. The van der Waals surface area contributed by atoms with E-state index < -0.39 is 10.0 Å². The average Bonchev–Trinajstić information content (AvgIpc) is 3.26. The van der Waals surface area contributed by atoms with E-state index in [-0.39, 0.29) is 22.7 Å². The second-order valence-corrected chi connectivity index (χ2v) is 8.66. The van der Waals surface area contributed by atoms with Crippen LogP contribution >= 0.6 is 0 Å². The molecule has 2 bridgehead atoms. The van der Waals surface area contributed by atoms with Crippen molar-refractivity contribution in [1.29, 1.82) is 0 Å². The van der Waals surface area contributed by atoms with Gasteiger partial charge in [-0.2, -0.15) is 0 Å².